The number of nitrogens with zero attached hydrogens (tertiary/aromatic N) is 1. The lowest BCUT2D eigenvalue weighted by atomic mass is 9.72. The van der Waals surface area contributed by atoms with Gasteiger partial charge in [-0.1, -0.05) is 12.8 Å². The second-order valence-electron chi connectivity index (χ2n) is 6.13. The first-order valence-electron chi connectivity index (χ1n) is 7.31. The minimum Gasteiger partial charge on any atom is -0.390 e. The monoisotopic (exact) mass is 393 g/mol. The summed E-state index contributed by atoms with van der Waals surface area (Å²) < 4.78 is 28.1. The largest absolute Gasteiger partial charge is 0.390 e. The van der Waals surface area contributed by atoms with Crippen LogP contribution in [0.25, 0.3) is 0 Å². The maximum Gasteiger partial charge on any atom is 0.244 e. The summed E-state index contributed by atoms with van der Waals surface area (Å²) >= 11 is 4.80. The van der Waals surface area contributed by atoms with Crippen molar-refractivity contribution >= 4 is 37.3 Å². The lowest BCUT2D eigenvalue weighted by Crippen LogP contribution is -2.54. The highest BCUT2D eigenvalue weighted by molar-refractivity contribution is 9.11. The maximum atomic E-state index is 12.8. The molecule has 3 rings (SSSR count). The molecule has 7 heteroatoms. The van der Waals surface area contributed by atoms with Gasteiger partial charge in [0, 0.05) is 23.9 Å². The number of piperidine rings is 1. The molecule has 2 unspecified atom stereocenters. The van der Waals surface area contributed by atoms with E-state index in [9.17, 15) is 13.5 Å². The Balaban J connectivity index is 1.86. The summed E-state index contributed by atoms with van der Waals surface area (Å²) in [6.45, 7) is 2.71. The van der Waals surface area contributed by atoms with E-state index >= 15 is 0 Å². The normalized spacial score (nSPS) is 31.1. The number of hydrogen-bond acceptors (Lipinski definition) is 4. The molecular formula is C14H20BrNO3S2. The van der Waals surface area contributed by atoms with Crippen molar-refractivity contribution in [1.29, 1.82) is 0 Å². The minimum absolute atomic E-state index is 0.0807. The summed E-state index contributed by atoms with van der Waals surface area (Å²) in [5, 5.41) is 10.7. The van der Waals surface area contributed by atoms with Crippen molar-refractivity contribution < 1.29 is 13.5 Å². The van der Waals surface area contributed by atoms with E-state index in [1.807, 2.05) is 6.92 Å². The molecule has 2 atom stereocenters. The fourth-order valence-corrected chi connectivity index (χ4v) is 7.45. The molecule has 0 aromatic carbocycles. The molecule has 1 aliphatic heterocycles. The predicted molar refractivity (Wildman–Crippen MR) is 87.0 cm³/mol. The second kappa shape index (κ2) is 5.60. The average Bonchev–Trinajstić information content (AvgIpc) is 2.77. The molecule has 0 spiro atoms. The molecule has 118 valence electrons. The third-order valence-electron chi connectivity index (χ3n) is 4.85. The van der Waals surface area contributed by atoms with Crippen molar-refractivity contribution in [2.75, 3.05) is 13.1 Å². The van der Waals surface area contributed by atoms with Gasteiger partial charge in [-0.3, -0.25) is 0 Å². The third-order valence-corrected chi connectivity index (χ3v) is 8.52. The van der Waals surface area contributed by atoms with Crippen LogP contribution in [0.2, 0.25) is 0 Å². The topological polar surface area (TPSA) is 57.6 Å². The number of aliphatic hydroxyl groups is 1. The van der Waals surface area contributed by atoms with Gasteiger partial charge in [-0.25, -0.2) is 8.42 Å². The van der Waals surface area contributed by atoms with Gasteiger partial charge in [0.1, 0.15) is 0 Å². The van der Waals surface area contributed by atoms with E-state index in [0.717, 1.165) is 34.3 Å². The number of hydrogen-bond donors (Lipinski definition) is 1. The second-order valence-corrected chi connectivity index (χ2v) is 10.7. The number of sulfonamides is 1. The molecule has 2 aliphatic rings. The van der Waals surface area contributed by atoms with Crippen molar-refractivity contribution in [3.8, 4) is 0 Å². The first-order chi connectivity index (χ1) is 9.83. The van der Waals surface area contributed by atoms with Gasteiger partial charge in [0.25, 0.3) is 0 Å². The molecule has 1 aromatic rings. The molecule has 2 fully saturated rings. The SMILES string of the molecule is Cc1sc(Br)cc1S(=O)(=O)N1CCC2(O)CCCCC2C1. The van der Waals surface area contributed by atoms with Crippen LogP contribution in [0.3, 0.4) is 0 Å². The van der Waals surface area contributed by atoms with E-state index in [0.29, 0.717) is 24.4 Å². The molecule has 0 bridgehead atoms. The zero-order valence-electron chi connectivity index (χ0n) is 12.0. The number of rotatable bonds is 2. The summed E-state index contributed by atoms with van der Waals surface area (Å²) in [5.74, 6) is 0.0807. The van der Waals surface area contributed by atoms with Crippen LogP contribution < -0.4 is 0 Å². The number of aryl methyl sites for hydroxylation is 1. The molecule has 21 heavy (non-hydrogen) atoms. The van der Waals surface area contributed by atoms with E-state index in [1.54, 1.807) is 10.4 Å². The molecule has 1 saturated heterocycles. The van der Waals surface area contributed by atoms with Gasteiger partial charge in [0.05, 0.1) is 14.3 Å². The van der Waals surface area contributed by atoms with Gasteiger partial charge in [-0.2, -0.15) is 4.31 Å². The highest BCUT2D eigenvalue weighted by Crippen LogP contribution is 2.42. The van der Waals surface area contributed by atoms with Gasteiger partial charge in [-0.15, -0.1) is 11.3 Å². The summed E-state index contributed by atoms with van der Waals surface area (Å²) in [7, 11) is -3.45. The Morgan fingerprint density at radius 3 is 2.86 bits per heavy atom. The summed E-state index contributed by atoms with van der Waals surface area (Å²) in [4.78, 5) is 1.21. The standard InChI is InChI=1S/C14H20BrNO3S2/c1-10-12(8-13(15)20-10)21(18,19)16-7-6-14(17)5-3-2-4-11(14)9-16/h8,11,17H,2-7,9H2,1H3. The van der Waals surface area contributed by atoms with E-state index in [2.05, 4.69) is 15.9 Å². The van der Waals surface area contributed by atoms with Crippen molar-refractivity contribution in [2.24, 2.45) is 5.92 Å². The molecule has 1 aliphatic carbocycles. The van der Waals surface area contributed by atoms with Gasteiger partial charge in [0.2, 0.25) is 10.0 Å². The van der Waals surface area contributed by atoms with E-state index in [-0.39, 0.29) is 5.92 Å². The number of halogens is 1. The Morgan fingerprint density at radius 2 is 2.19 bits per heavy atom. The first kappa shape index (κ1) is 15.9. The molecule has 0 amide bonds. The predicted octanol–water partition coefficient (Wildman–Crippen LogP) is 3.13. The molecule has 0 radical (unpaired) electrons. The van der Waals surface area contributed by atoms with Gasteiger partial charge < -0.3 is 5.11 Å². The quantitative estimate of drug-likeness (QED) is 0.839. The van der Waals surface area contributed by atoms with E-state index < -0.39 is 15.6 Å². The van der Waals surface area contributed by atoms with Crippen LogP contribution in [0.1, 0.15) is 37.0 Å². The Bertz CT molecular complexity index is 643. The van der Waals surface area contributed by atoms with Crippen LogP contribution in [0.5, 0.6) is 0 Å². The Kier molecular flexibility index (Phi) is 4.25. The maximum absolute atomic E-state index is 12.8. The van der Waals surface area contributed by atoms with Crippen LogP contribution in [-0.2, 0) is 10.0 Å². The van der Waals surface area contributed by atoms with Crippen LogP contribution >= 0.6 is 27.3 Å². The van der Waals surface area contributed by atoms with E-state index in [4.69, 9.17) is 0 Å². The van der Waals surface area contributed by atoms with Crippen molar-refractivity contribution in [3.05, 3.63) is 14.7 Å². The highest BCUT2D eigenvalue weighted by atomic mass is 79.9. The van der Waals surface area contributed by atoms with Crippen molar-refractivity contribution in [3.63, 3.8) is 0 Å². The summed E-state index contributed by atoms with van der Waals surface area (Å²) in [6, 6.07) is 1.69. The van der Waals surface area contributed by atoms with Crippen molar-refractivity contribution in [1.82, 2.24) is 4.31 Å². The zero-order chi connectivity index (χ0) is 15.3. The van der Waals surface area contributed by atoms with Gasteiger partial charge in [0.15, 0.2) is 0 Å². The third kappa shape index (κ3) is 2.83. The lowest BCUT2D eigenvalue weighted by molar-refractivity contribution is -0.0816. The smallest absolute Gasteiger partial charge is 0.244 e. The molecule has 1 aromatic heterocycles. The van der Waals surface area contributed by atoms with Crippen LogP contribution in [0.15, 0.2) is 14.7 Å². The number of fused-ring (bicyclic) bond motifs is 1. The highest BCUT2D eigenvalue weighted by Gasteiger charge is 2.45. The zero-order valence-corrected chi connectivity index (χ0v) is 15.2. The molecule has 1 N–H and O–H groups in total. The van der Waals surface area contributed by atoms with Gasteiger partial charge >= 0.3 is 0 Å². The average molecular weight is 394 g/mol. The van der Waals surface area contributed by atoms with Crippen LogP contribution in [0.4, 0.5) is 0 Å². The van der Waals surface area contributed by atoms with Crippen LogP contribution in [0, 0.1) is 12.8 Å². The van der Waals surface area contributed by atoms with Gasteiger partial charge in [-0.05, 0) is 48.2 Å². The Hall–Kier alpha value is 0.0500. The number of thiophene rings is 1. The fourth-order valence-electron chi connectivity index (χ4n) is 3.58. The lowest BCUT2D eigenvalue weighted by Gasteiger charge is -2.46. The van der Waals surface area contributed by atoms with Crippen LogP contribution in [-0.4, -0.2) is 36.5 Å². The molecule has 2 heterocycles. The molecule has 1 saturated carbocycles. The summed E-state index contributed by atoms with van der Waals surface area (Å²) in [6.07, 6.45) is 4.44. The molecular weight excluding hydrogens is 374 g/mol. The van der Waals surface area contributed by atoms with E-state index in [1.165, 1.54) is 11.3 Å². The Labute approximate surface area is 138 Å². The Morgan fingerprint density at radius 1 is 1.43 bits per heavy atom. The minimum atomic E-state index is -3.45. The molecule has 4 nitrogen and oxygen atoms in total. The fraction of sp³-hybridized carbons (Fsp3) is 0.714. The summed E-state index contributed by atoms with van der Waals surface area (Å²) in [5.41, 5.74) is -0.644. The van der Waals surface area contributed by atoms with Crippen molar-refractivity contribution in [2.45, 2.75) is 49.5 Å². The first-order valence-corrected chi connectivity index (χ1v) is 10.4.